The van der Waals surface area contributed by atoms with E-state index in [4.69, 9.17) is 4.74 Å². The normalized spacial score (nSPS) is 16.4. The van der Waals surface area contributed by atoms with Crippen LogP contribution in [-0.2, 0) is 17.7 Å². The second kappa shape index (κ2) is 4.77. The molecule has 0 radical (unpaired) electrons. The first-order valence-corrected chi connectivity index (χ1v) is 5.59. The Morgan fingerprint density at radius 3 is 3.00 bits per heavy atom. The topological polar surface area (TPSA) is 12.5 Å². The fourth-order valence-corrected chi connectivity index (χ4v) is 2.15. The molecule has 0 saturated carbocycles. The van der Waals surface area contributed by atoms with Crippen molar-refractivity contribution in [2.24, 2.45) is 0 Å². The fraction of sp³-hybridized carbons (Fsp3) is 0.538. The number of ether oxygens (including phenoxy) is 1. The van der Waals surface area contributed by atoms with Crippen molar-refractivity contribution in [3.05, 3.63) is 34.9 Å². The molecule has 0 bridgehead atoms. The minimum Gasteiger partial charge on any atom is -0.383 e. The molecule has 1 aliphatic rings. The zero-order valence-electron chi connectivity index (χ0n) is 9.62. The lowest BCUT2D eigenvalue weighted by atomic mass is 9.98. The van der Waals surface area contributed by atoms with Crippen LogP contribution in [0.2, 0.25) is 0 Å². The van der Waals surface area contributed by atoms with Crippen molar-refractivity contribution in [3.63, 3.8) is 0 Å². The maximum absolute atomic E-state index is 5.11. The molecule has 0 unspecified atom stereocenters. The summed E-state index contributed by atoms with van der Waals surface area (Å²) < 4.78 is 5.11. The second-order valence-corrected chi connectivity index (χ2v) is 4.29. The van der Waals surface area contributed by atoms with Crippen LogP contribution in [0.5, 0.6) is 0 Å². The van der Waals surface area contributed by atoms with Crippen molar-refractivity contribution in [3.8, 4) is 0 Å². The first-order valence-electron chi connectivity index (χ1n) is 5.59. The van der Waals surface area contributed by atoms with E-state index in [1.54, 1.807) is 7.11 Å². The van der Waals surface area contributed by atoms with E-state index in [0.29, 0.717) is 0 Å². The Bertz CT molecular complexity index is 335. The standard InChI is InChI=1S/C13H19NO/c1-11-3-4-13-10-14(7-8-15-2)6-5-12(13)9-11/h3-4,9H,5-8,10H2,1-2H3. The van der Waals surface area contributed by atoms with Crippen LogP contribution >= 0.6 is 0 Å². The molecule has 0 spiro atoms. The number of nitrogens with zero attached hydrogens (tertiary/aromatic N) is 1. The lowest BCUT2D eigenvalue weighted by molar-refractivity contribution is 0.141. The van der Waals surface area contributed by atoms with Gasteiger partial charge in [0.25, 0.3) is 0 Å². The van der Waals surface area contributed by atoms with Gasteiger partial charge in [-0.15, -0.1) is 0 Å². The highest BCUT2D eigenvalue weighted by Gasteiger charge is 2.15. The van der Waals surface area contributed by atoms with Gasteiger partial charge >= 0.3 is 0 Å². The number of hydrogen-bond donors (Lipinski definition) is 0. The molecule has 0 saturated heterocycles. The van der Waals surface area contributed by atoms with Crippen LogP contribution in [0.4, 0.5) is 0 Å². The van der Waals surface area contributed by atoms with Gasteiger partial charge in [0.2, 0.25) is 0 Å². The third kappa shape index (κ3) is 2.58. The number of benzene rings is 1. The Hall–Kier alpha value is -0.860. The molecule has 1 aromatic rings. The quantitative estimate of drug-likeness (QED) is 0.748. The summed E-state index contributed by atoms with van der Waals surface area (Å²) in [6.45, 7) is 6.29. The highest BCUT2D eigenvalue weighted by molar-refractivity contribution is 5.33. The van der Waals surface area contributed by atoms with Crippen molar-refractivity contribution in [2.75, 3.05) is 26.8 Å². The van der Waals surface area contributed by atoms with Crippen molar-refractivity contribution < 1.29 is 4.74 Å². The van der Waals surface area contributed by atoms with E-state index < -0.39 is 0 Å². The maximum atomic E-state index is 5.11. The Balaban J connectivity index is 2.03. The van der Waals surface area contributed by atoms with Gasteiger partial charge in [-0.2, -0.15) is 0 Å². The van der Waals surface area contributed by atoms with Crippen LogP contribution in [0.1, 0.15) is 16.7 Å². The van der Waals surface area contributed by atoms with Crippen molar-refractivity contribution in [2.45, 2.75) is 19.9 Å². The van der Waals surface area contributed by atoms with Gasteiger partial charge < -0.3 is 4.74 Å². The molecular formula is C13H19NO. The van der Waals surface area contributed by atoms with E-state index in [2.05, 4.69) is 30.0 Å². The fourth-order valence-electron chi connectivity index (χ4n) is 2.15. The molecule has 2 nitrogen and oxygen atoms in total. The summed E-state index contributed by atoms with van der Waals surface area (Å²) in [6, 6.07) is 6.80. The number of hydrogen-bond acceptors (Lipinski definition) is 2. The number of rotatable bonds is 3. The van der Waals surface area contributed by atoms with Crippen molar-refractivity contribution in [1.82, 2.24) is 4.90 Å². The van der Waals surface area contributed by atoms with E-state index in [-0.39, 0.29) is 0 Å². The molecule has 0 aromatic heterocycles. The molecular weight excluding hydrogens is 186 g/mol. The molecule has 0 fully saturated rings. The van der Waals surface area contributed by atoms with E-state index in [9.17, 15) is 0 Å². The van der Waals surface area contributed by atoms with Gasteiger partial charge in [-0.05, 0) is 24.5 Å². The first kappa shape index (κ1) is 10.7. The number of aryl methyl sites for hydroxylation is 1. The predicted octanol–water partition coefficient (Wildman–Crippen LogP) is 2.00. The van der Waals surface area contributed by atoms with Gasteiger partial charge in [0.1, 0.15) is 0 Å². The molecule has 0 aliphatic carbocycles. The lowest BCUT2D eigenvalue weighted by Crippen LogP contribution is -2.33. The monoisotopic (exact) mass is 205 g/mol. The Labute approximate surface area is 91.9 Å². The van der Waals surface area contributed by atoms with E-state index in [0.717, 1.165) is 19.7 Å². The minimum absolute atomic E-state index is 0.835. The molecule has 2 rings (SSSR count). The Morgan fingerprint density at radius 1 is 1.33 bits per heavy atom. The smallest absolute Gasteiger partial charge is 0.0589 e. The molecule has 0 N–H and O–H groups in total. The first-order chi connectivity index (χ1) is 7.29. The molecule has 1 heterocycles. The van der Waals surface area contributed by atoms with Crippen LogP contribution in [-0.4, -0.2) is 31.7 Å². The summed E-state index contributed by atoms with van der Waals surface area (Å²) in [5.74, 6) is 0. The molecule has 82 valence electrons. The van der Waals surface area contributed by atoms with E-state index in [1.165, 1.54) is 29.7 Å². The molecule has 1 aromatic carbocycles. The van der Waals surface area contributed by atoms with Crippen LogP contribution in [0.25, 0.3) is 0 Å². The van der Waals surface area contributed by atoms with Gasteiger partial charge in [-0.25, -0.2) is 0 Å². The van der Waals surface area contributed by atoms with Gasteiger partial charge in [0.15, 0.2) is 0 Å². The van der Waals surface area contributed by atoms with Crippen LogP contribution in [0.3, 0.4) is 0 Å². The van der Waals surface area contributed by atoms with Gasteiger partial charge in [-0.1, -0.05) is 23.8 Å². The Kier molecular flexibility index (Phi) is 3.39. The van der Waals surface area contributed by atoms with Crippen LogP contribution < -0.4 is 0 Å². The maximum Gasteiger partial charge on any atom is 0.0589 e. The van der Waals surface area contributed by atoms with Gasteiger partial charge in [0.05, 0.1) is 6.61 Å². The molecule has 0 amide bonds. The summed E-state index contributed by atoms with van der Waals surface area (Å²) >= 11 is 0. The highest BCUT2D eigenvalue weighted by atomic mass is 16.5. The van der Waals surface area contributed by atoms with Crippen molar-refractivity contribution >= 4 is 0 Å². The lowest BCUT2D eigenvalue weighted by Gasteiger charge is -2.28. The van der Waals surface area contributed by atoms with E-state index >= 15 is 0 Å². The molecule has 2 heteroatoms. The summed E-state index contributed by atoms with van der Waals surface area (Å²) in [6.07, 6.45) is 1.18. The van der Waals surface area contributed by atoms with Gasteiger partial charge in [0, 0.05) is 26.7 Å². The SMILES string of the molecule is COCCN1CCc2cc(C)ccc2C1. The third-order valence-corrected chi connectivity index (χ3v) is 3.06. The largest absolute Gasteiger partial charge is 0.383 e. The average molecular weight is 205 g/mol. The average Bonchev–Trinajstić information content (AvgIpc) is 2.26. The summed E-state index contributed by atoms with van der Waals surface area (Å²) in [4.78, 5) is 2.46. The van der Waals surface area contributed by atoms with E-state index in [1.807, 2.05) is 0 Å². The zero-order valence-corrected chi connectivity index (χ0v) is 9.62. The summed E-state index contributed by atoms with van der Waals surface area (Å²) in [5.41, 5.74) is 4.39. The second-order valence-electron chi connectivity index (χ2n) is 4.29. The summed E-state index contributed by atoms with van der Waals surface area (Å²) in [5, 5.41) is 0. The highest BCUT2D eigenvalue weighted by Crippen LogP contribution is 2.19. The predicted molar refractivity (Wildman–Crippen MR) is 62.0 cm³/mol. The molecule has 15 heavy (non-hydrogen) atoms. The third-order valence-electron chi connectivity index (χ3n) is 3.06. The van der Waals surface area contributed by atoms with Crippen molar-refractivity contribution in [1.29, 1.82) is 0 Å². The molecule has 0 atom stereocenters. The molecule has 1 aliphatic heterocycles. The van der Waals surface area contributed by atoms with Gasteiger partial charge in [-0.3, -0.25) is 4.90 Å². The zero-order chi connectivity index (χ0) is 10.7. The Morgan fingerprint density at radius 2 is 2.20 bits per heavy atom. The van der Waals surface area contributed by atoms with Crippen LogP contribution in [0.15, 0.2) is 18.2 Å². The number of fused-ring (bicyclic) bond motifs is 1. The minimum atomic E-state index is 0.835. The number of methoxy groups -OCH3 is 1. The summed E-state index contributed by atoms with van der Waals surface area (Å²) in [7, 11) is 1.77. The van der Waals surface area contributed by atoms with Crippen LogP contribution in [0, 0.1) is 6.92 Å².